The van der Waals surface area contributed by atoms with Gasteiger partial charge in [-0.25, -0.2) is 18.7 Å². The minimum atomic E-state index is -0.949. The average Bonchev–Trinajstić information content (AvgIpc) is 3.19. The predicted octanol–water partition coefficient (Wildman–Crippen LogP) is 5.74. The highest BCUT2D eigenvalue weighted by molar-refractivity contribution is 8.00. The van der Waals surface area contributed by atoms with Gasteiger partial charge in [-0.15, -0.1) is 0 Å². The minimum Gasteiger partial charge on any atom is -0.345 e. The Morgan fingerprint density at radius 1 is 1.10 bits per heavy atom. The van der Waals surface area contributed by atoms with Crippen LogP contribution in [-0.4, -0.2) is 26.5 Å². The van der Waals surface area contributed by atoms with Crippen molar-refractivity contribution in [2.24, 2.45) is 0 Å². The zero-order valence-electron chi connectivity index (χ0n) is 16.4. The van der Waals surface area contributed by atoms with Crippen molar-refractivity contribution in [3.8, 4) is 11.1 Å². The first-order valence-corrected chi connectivity index (χ1v) is 10.5. The second kappa shape index (κ2) is 8.81. The number of aromatic nitrogens is 3. The van der Waals surface area contributed by atoms with E-state index < -0.39 is 28.9 Å². The lowest BCUT2D eigenvalue weighted by molar-refractivity contribution is 0.103. The van der Waals surface area contributed by atoms with Gasteiger partial charge in [-0.1, -0.05) is 18.9 Å². The maximum Gasteiger partial charge on any atom is 0.212 e. The molecule has 0 fully saturated rings. The summed E-state index contributed by atoms with van der Waals surface area (Å²) in [7, 11) is 0. The molecule has 0 amide bonds. The number of benzene rings is 1. The summed E-state index contributed by atoms with van der Waals surface area (Å²) in [5.74, 6) is -2.59. The van der Waals surface area contributed by atoms with Crippen molar-refractivity contribution >= 4 is 34.5 Å². The number of hydrogen-bond donors (Lipinski definition) is 2. The predicted molar refractivity (Wildman–Crippen MR) is 115 cm³/mol. The fourth-order valence-electron chi connectivity index (χ4n) is 3.10. The Morgan fingerprint density at radius 3 is 2.65 bits per heavy atom. The molecule has 5 nitrogen and oxygen atoms in total. The Labute approximate surface area is 180 Å². The second-order valence-electron chi connectivity index (χ2n) is 6.76. The monoisotopic (exact) mass is 442 g/mol. The Bertz CT molecular complexity index is 1260. The highest BCUT2D eigenvalue weighted by Crippen LogP contribution is 2.30. The first-order chi connectivity index (χ1) is 15.0. The van der Waals surface area contributed by atoms with Crippen molar-refractivity contribution in [1.29, 1.82) is 0 Å². The molecular formula is C22H17F3N4OS. The normalized spacial score (nSPS) is 11.1. The number of fused-ring (bicyclic) bond motifs is 1. The number of hydrogen-bond acceptors (Lipinski definition) is 5. The number of carbonyl (C=O) groups excluding carboxylic acids is 1. The molecule has 9 heteroatoms. The van der Waals surface area contributed by atoms with E-state index in [1.165, 1.54) is 42.5 Å². The highest BCUT2D eigenvalue weighted by Gasteiger charge is 2.24. The Kier molecular flexibility index (Phi) is 5.94. The SMILES string of the molecule is CCCSNc1ccc(F)c(C(=O)c2c[nH]c3ncc(-c4ccc(F)nc4)cc23)c1F. The number of rotatable bonds is 7. The van der Waals surface area contributed by atoms with E-state index in [9.17, 15) is 18.0 Å². The van der Waals surface area contributed by atoms with Crippen molar-refractivity contribution in [3.63, 3.8) is 0 Å². The maximum atomic E-state index is 15.0. The summed E-state index contributed by atoms with van der Waals surface area (Å²) in [4.78, 5) is 23.8. The fraction of sp³-hybridized carbons (Fsp3) is 0.136. The molecule has 3 heterocycles. The van der Waals surface area contributed by atoms with E-state index in [0.717, 1.165) is 18.2 Å². The molecule has 0 aliphatic heterocycles. The minimum absolute atomic E-state index is 0.0410. The van der Waals surface area contributed by atoms with Crippen LogP contribution in [0.15, 0.2) is 48.9 Å². The molecule has 1 aromatic carbocycles. The first kappa shape index (κ1) is 20.9. The van der Waals surface area contributed by atoms with Gasteiger partial charge in [0.25, 0.3) is 0 Å². The number of pyridine rings is 2. The number of aromatic amines is 1. The van der Waals surface area contributed by atoms with Crippen LogP contribution in [0.1, 0.15) is 29.3 Å². The Balaban J connectivity index is 1.75. The van der Waals surface area contributed by atoms with Crippen LogP contribution in [0.4, 0.5) is 18.9 Å². The summed E-state index contributed by atoms with van der Waals surface area (Å²) in [5.41, 5.74) is 1.04. The molecule has 31 heavy (non-hydrogen) atoms. The van der Waals surface area contributed by atoms with Gasteiger partial charge in [-0.2, -0.15) is 4.39 Å². The number of ketones is 1. The summed E-state index contributed by atoms with van der Waals surface area (Å²) in [6, 6.07) is 6.72. The molecule has 0 aliphatic carbocycles. The molecule has 0 bridgehead atoms. The lowest BCUT2D eigenvalue weighted by Crippen LogP contribution is -2.09. The zero-order chi connectivity index (χ0) is 22.0. The second-order valence-corrected chi connectivity index (χ2v) is 7.66. The number of anilines is 1. The highest BCUT2D eigenvalue weighted by atomic mass is 32.2. The quantitative estimate of drug-likeness (QED) is 0.165. The molecule has 0 atom stereocenters. The van der Waals surface area contributed by atoms with E-state index >= 15 is 0 Å². The van der Waals surface area contributed by atoms with Crippen LogP contribution in [0.2, 0.25) is 0 Å². The number of nitrogens with zero attached hydrogens (tertiary/aromatic N) is 2. The number of halogens is 3. The van der Waals surface area contributed by atoms with E-state index in [4.69, 9.17) is 0 Å². The molecule has 0 radical (unpaired) electrons. The molecule has 0 spiro atoms. The number of H-pyrrole nitrogens is 1. The van der Waals surface area contributed by atoms with E-state index in [1.54, 1.807) is 12.3 Å². The van der Waals surface area contributed by atoms with Gasteiger partial charge in [0.15, 0.2) is 5.82 Å². The largest absolute Gasteiger partial charge is 0.345 e. The number of nitrogens with one attached hydrogen (secondary N) is 2. The Morgan fingerprint density at radius 2 is 1.90 bits per heavy atom. The van der Waals surface area contributed by atoms with Crippen LogP contribution in [0.5, 0.6) is 0 Å². The van der Waals surface area contributed by atoms with Gasteiger partial charge in [0.05, 0.1) is 11.3 Å². The van der Waals surface area contributed by atoms with Crippen molar-refractivity contribution in [3.05, 3.63) is 77.6 Å². The van der Waals surface area contributed by atoms with Gasteiger partial charge in [-0.05, 0) is 36.8 Å². The smallest absolute Gasteiger partial charge is 0.212 e. The van der Waals surface area contributed by atoms with Gasteiger partial charge in [0.1, 0.15) is 11.5 Å². The fourth-order valence-corrected chi connectivity index (χ4v) is 3.72. The van der Waals surface area contributed by atoms with Gasteiger partial charge >= 0.3 is 0 Å². The van der Waals surface area contributed by atoms with Gasteiger partial charge in [0, 0.05) is 46.4 Å². The summed E-state index contributed by atoms with van der Waals surface area (Å²) in [5, 5.41) is 0.393. The molecule has 0 unspecified atom stereocenters. The lowest BCUT2D eigenvalue weighted by Gasteiger charge is -2.10. The van der Waals surface area contributed by atoms with Crippen LogP contribution >= 0.6 is 11.9 Å². The third-order valence-electron chi connectivity index (χ3n) is 4.64. The van der Waals surface area contributed by atoms with Crippen molar-refractivity contribution < 1.29 is 18.0 Å². The molecule has 4 aromatic rings. The van der Waals surface area contributed by atoms with Gasteiger partial charge < -0.3 is 9.71 Å². The van der Waals surface area contributed by atoms with E-state index in [2.05, 4.69) is 19.7 Å². The molecular weight excluding hydrogens is 425 g/mol. The molecule has 0 aliphatic rings. The van der Waals surface area contributed by atoms with Crippen molar-refractivity contribution in [2.45, 2.75) is 13.3 Å². The van der Waals surface area contributed by atoms with Gasteiger partial charge in [0.2, 0.25) is 11.7 Å². The average molecular weight is 442 g/mol. The van der Waals surface area contributed by atoms with E-state index in [-0.39, 0.29) is 11.3 Å². The third kappa shape index (κ3) is 4.13. The maximum absolute atomic E-state index is 15.0. The molecule has 2 N–H and O–H groups in total. The molecule has 158 valence electrons. The molecule has 0 saturated carbocycles. The third-order valence-corrected chi connectivity index (χ3v) is 5.62. The van der Waals surface area contributed by atoms with Crippen LogP contribution in [-0.2, 0) is 0 Å². The van der Waals surface area contributed by atoms with Crippen molar-refractivity contribution in [1.82, 2.24) is 15.0 Å². The van der Waals surface area contributed by atoms with Crippen LogP contribution < -0.4 is 4.72 Å². The summed E-state index contributed by atoms with van der Waals surface area (Å²) in [6.07, 6.45) is 5.13. The zero-order valence-corrected chi connectivity index (χ0v) is 17.2. The Hall–Kier alpha value is -3.33. The van der Waals surface area contributed by atoms with Crippen LogP contribution in [0.25, 0.3) is 22.2 Å². The van der Waals surface area contributed by atoms with Crippen LogP contribution in [0.3, 0.4) is 0 Å². The standard InChI is InChI=1S/C22H17F3N4OS/c1-2-7-31-29-17-5-4-16(23)19(20(17)25)21(30)15-11-28-22-14(15)8-13(10-27-22)12-3-6-18(24)26-9-12/h3-6,8-11,29H,2,7H2,1H3,(H,27,28). The van der Waals surface area contributed by atoms with Gasteiger partial charge in [-0.3, -0.25) is 4.79 Å². The lowest BCUT2D eigenvalue weighted by atomic mass is 10.00. The summed E-state index contributed by atoms with van der Waals surface area (Å²) in [6.45, 7) is 1.98. The first-order valence-electron chi connectivity index (χ1n) is 9.49. The molecule has 3 aromatic heterocycles. The van der Waals surface area contributed by atoms with Crippen LogP contribution in [0, 0.1) is 17.6 Å². The topological polar surface area (TPSA) is 70.7 Å². The van der Waals surface area contributed by atoms with E-state index in [0.29, 0.717) is 22.2 Å². The van der Waals surface area contributed by atoms with E-state index in [1.807, 2.05) is 6.92 Å². The number of carbonyl (C=O) groups is 1. The molecule has 4 rings (SSSR count). The molecule has 0 saturated heterocycles. The summed E-state index contributed by atoms with van der Waals surface area (Å²) >= 11 is 1.27. The van der Waals surface area contributed by atoms with Crippen molar-refractivity contribution in [2.75, 3.05) is 10.5 Å². The summed E-state index contributed by atoms with van der Waals surface area (Å²) < 4.78 is 45.4.